The van der Waals surface area contributed by atoms with E-state index in [1.807, 2.05) is 0 Å². The van der Waals surface area contributed by atoms with Crippen molar-refractivity contribution in [3.63, 3.8) is 0 Å². The normalized spacial score (nSPS) is 11.7. The topological polar surface area (TPSA) is 113 Å². The average Bonchev–Trinajstić information content (AvgIpc) is 3.00. The molecule has 1 atom stereocenters. The van der Waals surface area contributed by atoms with Crippen LogP contribution < -0.4 is 10.6 Å². The predicted molar refractivity (Wildman–Crippen MR) is 74.0 cm³/mol. The van der Waals surface area contributed by atoms with Gasteiger partial charge in [0.2, 0.25) is 5.91 Å². The highest BCUT2D eigenvalue weighted by atomic mass is 16.2. The second-order valence-corrected chi connectivity index (χ2v) is 4.57. The summed E-state index contributed by atoms with van der Waals surface area (Å²) in [5, 5.41) is 18.9. The first-order valence-electron chi connectivity index (χ1n) is 6.44. The van der Waals surface area contributed by atoms with Crippen LogP contribution in [0.3, 0.4) is 0 Å². The van der Waals surface area contributed by atoms with Crippen molar-refractivity contribution in [3.8, 4) is 0 Å². The Labute approximate surface area is 121 Å². The third-order valence-corrected chi connectivity index (χ3v) is 2.85. The van der Waals surface area contributed by atoms with E-state index in [9.17, 15) is 9.59 Å². The zero-order chi connectivity index (χ0) is 15.2. The van der Waals surface area contributed by atoms with Gasteiger partial charge in [-0.15, -0.1) is 10.2 Å². The molecule has 0 saturated carbocycles. The monoisotopic (exact) mass is 288 g/mol. The van der Waals surface area contributed by atoms with Gasteiger partial charge in [-0.25, -0.2) is 0 Å². The fourth-order valence-electron chi connectivity index (χ4n) is 1.70. The summed E-state index contributed by atoms with van der Waals surface area (Å²) in [6.45, 7) is 3.67. The van der Waals surface area contributed by atoms with Crippen LogP contribution in [0.4, 0.5) is 0 Å². The number of aromatic amines is 1. The number of hydrogen-bond donors (Lipinski definition) is 3. The SMILES string of the molecule is CC(=O)NCc1ccc(C(=O)NC(C)c2nn[nH]n2)cc1. The zero-order valence-corrected chi connectivity index (χ0v) is 11.8. The molecule has 0 aliphatic rings. The van der Waals surface area contributed by atoms with Crippen molar-refractivity contribution in [2.75, 3.05) is 0 Å². The lowest BCUT2D eigenvalue weighted by Crippen LogP contribution is -2.27. The number of carbonyl (C=O) groups is 2. The Hall–Kier alpha value is -2.77. The molecule has 0 aliphatic carbocycles. The van der Waals surface area contributed by atoms with E-state index in [0.717, 1.165) is 5.56 Å². The summed E-state index contributed by atoms with van der Waals surface area (Å²) in [5.74, 6) is 0.106. The van der Waals surface area contributed by atoms with E-state index in [-0.39, 0.29) is 17.9 Å². The number of nitrogens with zero attached hydrogens (tertiary/aromatic N) is 3. The molecule has 0 fully saturated rings. The molecule has 0 spiro atoms. The molecular formula is C13H16N6O2. The van der Waals surface area contributed by atoms with Crippen molar-refractivity contribution in [2.45, 2.75) is 26.4 Å². The maximum atomic E-state index is 12.1. The second-order valence-electron chi connectivity index (χ2n) is 4.57. The number of benzene rings is 1. The van der Waals surface area contributed by atoms with E-state index >= 15 is 0 Å². The molecule has 1 unspecified atom stereocenters. The third-order valence-electron chi connectivity index (χ3n) is 2.85. The van der Waals surface area contributed by atoms with Crippen LogP contribution in [0.5, 0.6) is 0 Å². The Balaban J connectivity index is 1.95. The number of carbonyl (C=O) groups excluding carboxylic acids is 2. The fourth-order valence-corrected chi connectivity index (χ4v) is 1.70. The van der Waals surface area contributed by atoms with E-state index in [2.05, 4.69) is 31.3 Å². The van der Waals surface area contributed by atoms with E-state index in [0.29, 0.717) is 17.9 Å². The largest absolute Gasteiger partial charge is 0.352 e. The smallest absolute Gasteiger partial charge is 0.251 e. The summed E-state index contributed by atoms with van der Waals surface area (Å²) in [6, 6.07) is 6.66. The van der Waals surface area contributed by atoms with Crippen molar-refractivity contribution < 1.29 is 9.59 Å². The Bertz CT molecular complexity index is 608. The van der Waals surface area contributed by atoms with Gasteiger partial charge in [-0.05, 0) is 24.6 Å². The first-order valence-corrected chi connectivity index (χ1v) is 6.44. The maximum Gasteiger partial charge on any atom is 0.251 e. The molecule has 0 saturated heterocycles. The lowest BCUT2D eigenvalue weighted by atomic mass is 10.1. The highest BCUT2D eigenvalue weighted by Gasteiger charge is 2.14. The first kappa shape index (κ1) is 14.6. The van der Waals surface area contributed by atoms with E-state index in [4.69, 9.17) is 0 Å². The van der Waals surface area contributed by atoms with Crippen molar-refractivity contribution in [1.29, 1.82) is 0 Å². The van der Waals surface area contributed by atoms with E-state index < -0.39 is 0 Å². The fraction of sp³-hybridized carbons (Fsp3) is 0.308. The van der Waals surface area contributed by atoms with Gasteiger partial charge in [0.05, 0.1) is 6.04 Å². The molecule has 2 amide bonds. The molecule has 1 aromatic heterocycles. The summed E-state index contributed by atoms with van der Waals surface area (Å²) < 4.78 is 0. The van der Waals surface area contributed by atoms with Crippen LogP contribution in [0.2, 0.25) is 0 Å². The molecule has 3 N–H and O–H groups in total. The van der Waals surface area contributed by atoms with Crippen LogP contribution in [0.25, 0.3) is 0 Å². The highest BCUT2D eigenvalue weighted by Crippen LogP contribution is 2.08. The molecule has 8 heteroatoms. The summed E-state index contributed by atoms with van der Waals surface area (Å²) in [4.78, 5) is 22.9. The summed E-state index contributed by atoms with van der Waals surface area (Å²) >= 11 is 0. The Morgan fingerprint density at radius 1 is 1.29 bits per heavy atom. The summed E-state index contributed by atoms with van der Waals surface area (Å²) in [5.41, 5.74) is 1.45. The molecule has 1 aromatic carbocycles. The van der Waals surface area contributed by atoms with Crippen LogP contribution >= 0.6 is 0 Å². The standard InChI is InChI=1S/C13H16N6O2/c1-8(12-16-18-19-17-12)15-13(21)11-5-3-10(4-6-11)7-14-9(2)20/h3-6,8H,7H2,1-2H3,(H,14,20)(H,15,21)(H,16,17,18,19). The molecule has 0 aliphatic heterocycles. The van der Waals surface area contributed by atoms with Crippen molar-refractivity contribution in [3.05, 3.63) is 41.2 Å². The molecule has 1 heterocycles. The lowest BCUT2D eigenvalue weighted by molar-refractivity contribution is -0.119. The number of hydrogen-bond acceptors (Lipinski definition) is 5. The minimum absolute atomic E-state index is 0.0919. The Kier molecular flexibility index (Phi) is 4.60. The number of nitrogens with one attached hydrogen (secondary N) is 3. The minimum Gasteiger partial charge on any atom is -0.352 e. The molecule has 0 bridgehead atoms. The Morgan fingerprint density at radius 2 is 2.00 bits per heavy atom. The van der Waals surface area contributed by atoms with Gasteiger partial charge in [0.15, 0.2) is 5.82 Å². The van der Waals surface area contributed by atoms with Crippen LogP contribution in [0.15, 0.2) is 24.3 Å². The third kappa shape index (κ3) is 4.10. The first-order chi connectivity index (χ1) is 10.1. The Morgan fingerprint density at radius 3 is 2.57 bits per heavy atom. The van der Waals surface area contributed by atoms with Crippen LogP contribution in [-0.2, 0) is 11.3 Å². The quantitative estimate of drug-likeness (QED) is 0.733. The zero-order valence-electron chi connectivity index (χ0n) is 11.8. The maximum absolute atomic E-state index is 12.1. The summed E-state index contributed by atoms with van der Waals surface area (Å²) in [6.07, 6.45) is 0. The molecule has 2 aromatic rings. The van der Waals surface area contributed by atoms with Crippen molar-refractivity contribution >= 4 is 11.8 Å². The molecule has 0 radical (unpaired) electrons. The van der Waals surface area contributed by atoms with Gasteiger partial charge >= 0.3 is 0 Å². The number of H-pyrrole nitrogens is 1. The number of tetrazole rings is 1. The molecular weight excluding hydrogens is 272 g/mol. The van der Waals surface area contributed by atoms with Crippen LogP contribution in [0.1, 0.15) is 41.6 Å². The predicted octanol–water partition coefficient (Wildman–Crippen LogP) is 0.327. The lowest BCUT2D eigenvalue weighted by Gasteiger charge is -2.10. The van der Waals surface area contributed by atoms with Crippen LogP contribution in [-0.4, -0.2) is 32.4 Å². The van der Waals surface area contributed by atoms with Crippen LogP contribution in [0, 0.1) is 0 Å². The van der Waals surface area contributed by atoms with Gasteiger partial charge in [-0.1, -0.05) is 17.3 Å². The number of amides is 2. The molecule has 110 valence electrons. The molecule has 21 heavy (non-hydrogen) atoms. The van der Waals surface area contributed by atoms with Gasteiger partial charge in [0.1, 0.15) is 0 Å². The minimum atomic E-state index is -0.338. The molecule has 8 nitrogen and oxygen atoms in total. The number of rotatable bonds is 5. The van der Waals surface area contributed by atoms with Gasteiger partial charge in [0, 0.05) is 19.0 Å². The number of aromatic nitrogens is 4. The average molecular weight is 288 g/mol. The van der Waals surface area contributed by atoms with E-state index in [1.165, 1.54) is 6.92 Å². The summed E-state index contributed by atoms with van der Waals surface area (Å²) in [7, 11) is 0. The van der Waals surface area contributed by atoms with Crippen molar-refractivity contribution in [2.24, 2.45) is 0 Å². The van der Waals surface area contributed by atoms with Gasteiger partial charge in [0.25, 0.3) is 5.91 Å². The van der Waals surface area contributed by atoms with E-state index in [1.54, 1.807) is 31.2 Å². The van der Waals surface area contributed by atoms with Crippen molar-refractivity contribution in [1.82, 2.24) is 31.3 Å². The highest BCUT2D eigenvalue weighted by molar-refractivity contribution is 5.94. The van der Waals surface area contributed by atoms with Gasteiger partial charge in [-0.3, -0.25) is 9.59 Å². The van der Waals surface area contributed by atoms with Gasteiger partial charge < -0.3 is 10.6 Å². The molecule has 2 rings (SSSR count). The second kappa shape index (κ2) is 6.60. The van der Waals surface area contributed by atoms with Gasteiger partial charge in [-0.2, -0.15) is 5.21 Å².